The summed E-state index contributed by atoms with van der Waals surface area (Å²) < 4.78 is 1.32. The number of carbonyl (C=O) groups excluding carboxylic acids is 1. The van der Waals surface area contributed by atoms with Gasteiger partial charge in [-0.1, -0.05) is 0 Å². The third-order valence-electron chi connectivity index (χ3n) is 1.29. The molecule has 0 fully saturated rings. The number of nitrogens with zero attached hydrogens (tertiary/aromatic N) is 2. The molecule has 0 saturated heterocycles. The van der Waals surface area contributed by atoms with Gasteiger partial charge in [0.25, 0.3) is 0 Å². The molecule has 11 heavy (non-hydrogen) atoms. The molecule has 0 amide bonds. The minimum Gasteiger partial charge on any atom is -0.273 e. The highest BCUT2D eigenvalue weighted by atomic mass is 35.5. The fourth-order valence-corrected chi connectivity index (χ4v) is 0.911. The Hall–Kier alpha value is -0.830. The Morgan fingerprint density at radius 2 is 2.55 bits per heavy atom. The van der Waals surface area contributed by atoms with Crippen LogP contribution in [-0.2, 0) is 0 Å². The van der Waals surface area contributed by atoms with E-state index in [4.69, 9.17) is 11.6 Å². The predicted molar refractivity (Wildman–Crippen MR) is 42.9 cm³/mol. The Morgan fingerprint density at radius 1 is 1.82 bits per heavy atom. The van der Waals surface area contributed by atoms with E-state index in [0.29, 0.717) is 12.3 Å². The molecule has 1 heterocycles. The number of hydrogen-bond donors (Lipinski definition) is 0. The molecular weight excluding hydrogens is 164 g/mol. The number of rotatable bonds is 2. The van der Waals surface area contributed by atoms with Crippen molar-refractivity contribution in [2.75, 3.05) is 5.88 Å². The molecule has 0 saturated carbocycles. The quantitative estimate of drug-likeness (QED) is 0.634. The zero-order valence-corrected chi connectivity index (χ0v) is 7.01. The van der Waals surface area contributed by atoms with Gasteiger partial charge in [0.15, 0.2) is 0 Å². The van der Waals surface area contributed by atoms with Crippen molar-refractivity contribution in [3.8, 4) is 0 Å². The van der Waals surface area contributed by atoms with Gasteiger partial charge in [0.1, 0.15) is 0 Å². The maximum absolute atomic E-state index is 11.1. The van der Waals surface area contributed by atoms with Crippen molar-refractivity contribution in [2.24, 2.45) is 0 Å². The molecule has 60 valence electrons. The zero-order valence-electron chi connectivity index (χ0n) is 6.25. The smallest absolute Gasteiger partial charge is 0.248 e. The van der Waals surface area contributed by atoms with Crippen molar-refractivity contribution in [2.45, 2.75) is 13.3 Å². The van der Waals surface area contributed by atoms with E-state index in [9.17, 15) is 4.79 Å². The van der Waals surface area contributed by atoms with Crippen molar-refractivity contribution >= 4 is 17.5 Å². The minimum atomic E-state index is -0.0619. The second-order valence-corrected chi connectivity index (χ2v) is 2.61. The first kappa shape index (κ1) is 8.27. The van der Waals surface area contributed by atoms with E-state index in [2.05, 4.69) is 5.10 Å². The molecule has 0 aliphatic heterocycles. The first-order valence-corrected chi connectivity index (χ1v) is 3.89. The molecule has 0 N–H and O–H groups in total. The highest BCUT2D eigenvalue weighted by Gasteiger charge is 2.03. The maximum atomic E-state index is 11.1. The van der Waals surface area contributed by atoms with Gasteiger partial charge in [0.2, 0.25) is 5.91 Å². The van der Waals surface area contributed by atoms with Crippen molar-refractivity contribution in [3.05, 3.63) is 18.0 Å². The van der Waals surface area contributed by atoms with E-state index in [1.165, 1.54) is 4.68 Å². The number of aryl methyl sites for hydroxylation is 1. The van der Waals surface area contributed by atoms with Gasteiger partial charge >= 0.3 is 0 Å². The lowest BCUT2D eigenvalue weighted by molar-refractivity contribution is 0.0894. The summed E-state index contributed by atoms with van der Waals surface area (Å²) in [6.45, 7) is 1.84. The Kier molecular flexibility index (Phi) is 2.65. The van der Waals surface area contributed by atoms with Crippen LogP contribution in [0.25, 0.3) is 0 Å². The largest absolute Gasteiger partial charge is 0.273 e. The van der Waals surface area contributed by atoms with Crippen LogP contribution in [0.2, 0.25) is 0 Å². The van der Waals surface area contributed by atoms with E-state index in [1.807, 2.05) is 6.92 Å². The Morgan fingerprint density at radius 3 is 3.00 bits per heavy atom. The van der Waals surface area contributed by atoms with Crippen molar-refractivity contribution in [1.82, 2.24) is 9.78 Å². The van der Waals surface area contributed by atoms with Crippen molar-refractivity contribution < 1.29 is 4.79 Å². The molecular formula is C7H9ClN2O. The molecule has 1 rings (SSSR count). The van der Waals surface area contributed by atoms with Crippen LogP contribution in [0.1, 0.15) is 16.9 Å². The fraction of sp³-hybridized carbons (Fsp3) is 0.429. The molecule has 4 heteroatoms. The third kappa shape index (κ3) is 2.05. The Labute approximate surface area is 70.0 Å². The second kappa shape index (κ2) is 3.53. The summed E-state index contributed by atoms with van der Waals surface area (Å²) in [5, 5.41) is 3.94. The standard InChI is InChI=1S/C7H9ClN2O/c1-6-3-5-10(9-6)7(11)2-4-8/h3,5H,2,4H2,1H3. The lowest BCUT2D eigenvalue weighted by Gasteiger charge is -1.94. The molecule has 0 spiro atoms. The van der Waals surface area contributed by atoms with Gasteiger partial charge in [-0.15, -0.1) is 11.6 Å². The lowest BCUT2D eigenvalue weighted by Crippen LogP contribution is -2.11. The number of carbonyl (C=O) groups is 1. The monoisotopic (exact) mass is 172 g/mol. The van der Waals surface area contributed by atoms with E-state index in [1.54, 1.807) is 12.3 Å². The van der Waals surface area contributed by atoms with E-state index in [-0.39, 0.29) is 5.91 Å². The number of aromatic nitrogens is 2. The van der Waals surface area contributed by atoms with E-state index < -0.39 is 0 Å². The normalized spacial score (nSPS) is 10.0. The second-order valence-electron chi connectivity index (χ2n) is 2.23. The summed E-state index contributed by atoms with van der Waals surface area (Å²) in [5.41, 5.74) is 0.841. The van der Waals surface area contributed by atoms with Gasteiger partial charge in [0.05, 0.1) is 5.69 Å². The van der Waals surface area contributed by atoms with Crippen molar-refractivity contribution in [1.29, 1.82) is 0 Å². The molecule has 0 aromatic carbocycles. The molecule has 1 aromatic heterocycles. The number of halogens is 1. The highest BCUT2D eigenvalue weighted by Crippen LogP contribution is 1.95. The maximum Gasteiger partial charge on any atom is 0.248 e. The van der Waals surface area contributed by atoms with Gasteiger partial charge in [-0.25, -0.2) is 4.68 Å². The molecule has 0 aliphatic carbocycles. The highest BCUT2D eigenvalue weighted by molar-refractivity contribution is 6.18. The van der Waals surface area contributed by atoms with Gasteiger partial charge in [-0.3, -0.25) is 4.79 Å². The molecule has 0 radical (unpaired) electrons. The van der Waals surface area contributed by atoms with Crippen LogP contribution in [0, 0.1) is 6.92 Å². The topological polar surface area (TPSA) is 34.9 Å². The molecule has 0 bridgehead atoms. The summed E-state index contributed by atoms with van der Waals surface area (Å²) in [5.74, 6) is 0.283. The summed E-state index contributed by atoms with van der Waals surface area (Å²) in [6, 6.07) is 1.78. The van der Waals surface area contributed by atoms with Crippen LogP contribution in [0.3, 0.4) is 0 Å². The number of hydrogen-bond acceptors (Lipinski definition) is 2. The number of alkyl halides is 1. The Bertz CT molecular complexity index is 257. The van der Waals surface area contributed by atoms with E-state index in [0.717, 1.165) is 5.69 Å². The Balaban J connectivity index is 2.69. The summed E-state index contributed by atoms with van der Waals surface area (Å²) in [7, 11) is 0. The summed E-state index contributed by atoms with van der Waals surface area (Å²) >= 11 is 5.39. The van der Waals surface area contributed by atoms with Crippen molar-refractivity contribution in [3.63, 3.8) is 0 Å². The van der Waals surface area contributed by atoms with Gasteiger partial charge < -0.3 is 0 Å². The molecule has 0 aliphatic rings. The lowest BCUT2D eigenvalue weighted by atomic mass is 10.4. The first-order chi connectivity index (χ1) is 5.24. The predicted octanol–water partition coefficient (Wildman–Crippen LogP) is 1.46. The SMILES string of the molecule is Cc1ccn(C(=O)CCCl)n1. The third-order valence-corrected chi connectivity index (χ3v) is 1.48. The zero-order chi connectivity index (χ0) is 8.27. The summed E-state index contributed by atoms with van der Waals surface area (Å²) in [6.07, 6.45) is 1.98. The summed E-state index contributed by atoms with van der Waals surface area (Å²) in [4.78, 5) is 11.1. The molecule has 0 atom stereocenters. The average molecular weight is 173 g/mol. The molecule has 0 unspecified atom stereocenters. The van der Waals surface area contributed by atoms with Gasteiger partial charge in [0, 0.05) is 18.5 Å². The van der Waals surface area contributed by atoms with E-state index >= 15 is 0 Å². The molecule has 3 nitrogen and oxygen atoms in total. The van der Waals surface area contributed by atoms with Crippen LogP contribution >= 0.6 is 11.6 Å². The average Bonchev–Trinajstić information content (AvgIpc) is 2.36. The van der Waals surface area contributed by atoms with Crippen LogP contribution < -0.4 is 0 Å². The first-order valence-electron chi connectivity index (χ1n) is 3.35. The van der Waals surface area contributed by atoms with Gasteiger partial charge in [-0.05, 0) is 13.0 Å². The fourth-order valence-electron chi connectivity index (χ4n) is 0.749. The van der Waals surface area contributed by atoms with Crippen LogP contribution in [0.15, 0.2) is 12.3 Å². The van der Waals surface area contributed by atoms with Crippen LogP contribution in [0.5, 0.6) is 0 Å². The molecule has 1 aromatic rings. The minimum absolute atomic E-state index is 0.0619. The van der Waals surface area contributed by atoms with Crippen LogP contribution in [-0.4, -0.2) is 21.6 Å². The van der Waals surface area contributed by atoms with Gasteiger partial charge in [-0.2, -0.15) is 5.10 Å². The van der Waals surface area contributed by atoms with Crippen LogP contribution in [0.4, 0.5) is 0 Å².